The maximum absolute atomic E-state index is 13.1. The number of ether oxygens (including phenoxy) is 1. The van der Waals surface area contributed by atoms with Crippen molar-refractivity contribution in [3.05, 3.63) is 66.1 Å². The maximum Gasteiger partial charge on any atom is 0.240 e. The number of benzene rings is 2. The predicted octanol–water partition coefficient (Wildman–Crippen LogP) is 2.50. The highest BCUT2D eigenvalue weighted by Crippen LogP contribution is 2.30. The number of hydrogen-bond donors (Lipinski definition) is 1. The van der Waals surface area contributed by atoms with E-state index in [0.717, 1.165) is 29.8 Å². The average Bonchev–Trinajstić information content (AvgIpc) is 2.82. The van der Waals surface area contributed by atoms with Crippen LogP contribution in [-0.4, -0.2) is 69.3 Å². The Morgan fingerprint density at radius 2 is 1.91 bits per heavy atom. The minimum absolute atomic E-state index is 0.0187. The summed E-state index contributed by atoms with van der Waals surface area (Å²) in [6.07, 6.45) is 1.67. The lowest BCUT2D eigenvalue weighted by Gasteiger charge is -2.44. The Hall–Kier alpha value is -3.10. The molecule has 1 N–H and O–H groups in total. The van der Waals surface area contributed by atoms with Crippen LogP contribution >= 0.6 is 0 Å². The summed E-state index contributed by atoms with van der Waals surface area (Å²) in [5.41, 5.74) is 2.28. The Morgan fingerprint density at radius 3 is 2.66 bits per heavy atom. The number of hydrogen-bond acceptors (Lipinski definition) is 7. The highest BCUT2D eigenvalue weighted by molar-refractivity contribution is 7.89. The van der Waals surface area contributed by atoms with Gasteiger partial charge in [-0.3, -0.25) is 9.88 Å². The van der Waals surface area contributed by atoms with Crippen molar-refractivity contribution in [1.82, 2.24) is 14.6 Å². The molecule has 0 spiro atoms. The van der Waals surface area contributed by atoms with Crippen LogP contribution in [0, 0.1) is 17.1 Å². The number of fused-ring (bicyclic) bond motifs is 1. The maximum atomic E-state index is 13.1. The third-order valence-electron chi connectivity index (χ3n) is 6.40. The number of aromatic nitrogens is 1. The summed E-state index contributed by atoms with van der Waals surface area (Å²) >= 11 is 0. The van der Waals surface area contributed by atoms with Crippen LogP contribution in [0.1, 0.15) is 12.5 Å². The van der Waals surface area contributed by atoms with Gasteiger partial charge in [-0.25, -0.2) is 17.5 Å². The number of nitriles is 1. The first-order valence-electron chi connectivity index (χ1n) is 11.5. The lowest BCUT2D eigenvalue weighted by molar-refractivity contribution is -0.0437. The van der Waals surface area contributed by atoms with Gasteiger partial charge in [0.15, 0.2) is 0 Å². The number of nitrogens with zero attached hydrogens (tertiary/aromatic N) is 4. The number of anilines is 1. The molecule has 3 heterocycles. The van der Waals surface area contributed by atoms with Crippen molar-refractivity contribution in [2.45, 2.75) is 30.1 Å². The fraction of sp³-hybridized carbons (Fsp3) is 0.360. The molecule has 1 aromatic heterocycles. The second-order valence-corrected chi connectivity index (χ2v) is 10.8. The van der Waals surface area contributed by atoms with Gasteiger partial charge in [-0.05, 0) is 55.5 Å². The van der Waals surface area contributed by atoms with Gasteiger partial charge < -0.3 is 9.64 Å². The minimum Gasteiger partial charge on any atom is -0.370 e. The second-order valence-electron chi connectivity index (χ2n) is 9.11. The van der Waals surface area contributed by atoms with Gasteiger partial charge in [0, 0.05) is 56.0 Å². The molecule has 0 amide bonds. The van der Waals surface area contributed by atoms with E-state index < -0.39 is 15.8 Å². The number of rotatable bonds is 6. The van der Waals surface area contributed by atoms with Crippen molar-refractivity contribution in [3.8, 4) is 6.07 Å². The first-order valence-corrected chi connectivity index (χ1v) is 13.0. The lowest BCUT2D eigenvalue weighted by Crippen LogP contribution is -2.62. The van der Waals surface area contributed by atoms with Crippen LogP contribution in [0.5, 0.6) is 0 Å². The van der Waals surface area contributed by atoms with Gasteiger partial charge >= 0.3 is 0 Å². The van der Waals surface area contributed by atoms with Gasteiger partial charge in [-0.1, -0.05) is 0 Å². The van der Waals surface area contributed by atoms with E-state index in [1.807, 2.05) is 31.2 Å². The highest BCUT2D eigenvalue weighted by Gasteiger charge is 2.35. The van der Waals surface area contributed by atoms with E-state index in [4.69, 9.17) is 4.74 Å². The van der Waals surface area contributed by atoms with Crippen LogP contribution in [0.15, 0.2) is 59.6 Å². The van der Waals surface area contributed by atoms with Gasteiger partial charge in [-0.2, -0.15) is 5.26 Å². The Kier molecular flexibility index (Phi) is 6.42. The third kappa shape index (κ3) is 4.99. The molecule has 0 bridgehead atoms. The van der Waals surface area contributed by atoms with Gasteiger partial charge in [-0.15, -0.1) is 0 Å². The summed E-state index contributed by atoms with van der Waals surface area (Å²) in [5.74, 6) is -0.472. The monoisotopic (exact) mass is 495 g/mol. The van der Waals surface area contributed by atoms with Crippen molar-refractivity contribution in [2.24, 2.45) is 0 Å². The molecule has 0 saturated carbocycles. The van der Waals surface area contributed by atoms with E-state index in [-0.39, 0.29) is 23.1 Å². The first kappa shape index (κ1) is 23.6. The van der Waals surface area contributed by atoms with E-state index in [1.54, 1.807) is 6.20 Å². The van der Waals surface area contributed by atoms with Gasteiger partial charge in [0.05, 0.1) is 28.2 Å². The fourth-order valence-corrected chi connectivity index (χ4v) is 6.07. The quantitative estimate of drug-likeness (QED) is 0.561. The van der Waals surface area contributed by atoms with Gasteiger partial charge in [0.1, 0.15) is 11.9 Å². The van der Waals surface area contributed by atoms with E-state index in [9.17, 15) is 18.1 Å². The average molecular weight is 496 g/mol. The van der Waals surface area contributed by atoms with Crippen LogP contribution in [0.2, 0.25) is 0 Å². The molecule has 2 saturated heterocycles. The number of likely N-dealkylation sites (tertiary alicyclic amines) is 1. The van der Waals surface area contributed by atoms with Crippen molar-refractivity contribution < 1.29 is 17.5 Å². The smallest absolute Gasteiger partial charge is 0.240 e. The molecule has 3 aromatic rings. The molecular weight excluding hydrogens is 469 g/mol. The molecule has 0 radical (unpaired) electrons. The summed E-state index contributed by atoms with van der Waals surface area (Å²) in [4.78, 5) is 8.91. The van der Waals surface area contributed by atoms with Crippen molar-refractivity contribution in [2.75, 3.05) is 37.6 Å². The van der Waals surface area contributed by atoms with E-state index in [2.05, 4.69) is 25.6 Å². The second kappa shape index (κ2) is 9.51. The third-order valence-corrected chi connectivity index (χ3v) is 7.94. The van der Waals surface area contributed by atoms with Crippen LogP contribution < -0.4 is 9.62 Å². The molecular formula is C25H26FN5O3S. The van der Waals surface area contributed by atoms with Crippen molar-refractivity contribution in [1.29, 1.82) is 5.26 Å². The summed E-state index contributed by atoms with van der Waals surface area (Å²) in [5, 5.41) is 10.4. The summed E-state index contributed by atoms with van der Waals surface area (Å²) in [7, 11) is -3.69. The van der Waals surface area contributed by atoms with Gasteiger partial charge in [0.25, 0.3) is 0 Å². The summed E-state index contributed by atoms with van der Waals surface area (Å²) in [6.45, 7) is 5.30. The highest BCUT2D eigenvalue weighted by atomic mass is 32.2. The minimum atomic E-state index is -3.69. The zero-order valence-electron chi connectivity index (χ0n) is 19.3. The number of sulfonamides is 1. The van der Waals surface area contributed by atoms with Gasteiger partial charge in [0.2, 0.25) is 10.0 Å². The molecule has 35 heavy (non-hydrogen) atoms. The van der Waals surface area contributed by atoms with Crippen LogP contribution in [-0.2, 0) is 14.8 Å². The van der Waals surface area contributed by atoms with Crippen LogP contribution in [0.25, 0.3) is 10.9 Å². The Bertz CT molecular complexity index is 1370. The molecule has 2 aliphatic heterocycles. The molecule has 2 atom stereocenters. The van der Waals surface area contributed by atoms with Crippen molar-refractivity contribution >= 4 is 26.6 Å². The fourth-order valence-electron chi connectivity index (χ4n) is 4.85. The molecule has 2 fully saturated rings. The molecule has 0 aliphatic carbocycles. The number of nitrogens with one attached hydrogen (secondary N) is 1. The Balaban J connectivity index is 1.22. The summed E-state index contributed by atoms with van der Waals surface area (Å²) < 4.78 is 47.1. The SMILES string of the molecule is C[C@@H]1CN(c2ccc(C#N)c3ncccc23)C[C@H](CN2CC(NS(=O)(=O)c3ccc(F)cc3)C2)O1. The standard InChI is InChI=1S/C25H26FN5O3S/c1-17-12-31(24-9-4-18(11-27)25-23(24)3-2-10-28-25)16-21(34-17)15-30-13-20(14-30)29-35(32,33)22-7-5-19(26)6-8-22/h2-10,17,20-21,29H,12-16H2,1H3/t17-,21+/m1/s1. The Labute approximate surface area is 204 Å². The number of morpholine rings is 1. The molecule has 2 aromatic carbocycles. The number of halogens is 1. The largest absolute Gasteiger partial charge is 0.370 e. The molecule has 8 nitrogen and oxygen atoms in total. The first-order chi connectivity index (χ1) is 16.8. The van der Waals surface area contributed by atoms with E-state index >= 15 is 0 Å². The van der Waals surface area contributed by atoms with E-state index in [0.29, 0.717) is 37.3 Å². The molecule has 182 valence electrons. The predicted molar refractivity (Wildman–Crippen MR) is 130 cm³/mol. The molecule has 10 heteroatoms. The lowest BCUT2D eigenvalue weighted by atomic mass is 10.1. The van der Waals surface area contributed by atoms with Crippen molar-refractivity contribution in [3.63, 3.8) is 0 Å². The molecule has 2 aliphatic rings. The van der Waals surface area contributed by atoms with Crippen LogP contribution in [0.4, 0.5) is 10.1 Å². The normalized spacial score (nSPS) is 21.6. The Morgan fingerprint density at radius 1 is 1.14 bits per heavy atom. The van der Waals surface area contributed by atoms with Crippen LogP contribution in [0.3, 0.4) is 0 Å². The molecule has 0 unspecified atom stereocenters. The molecule has 5 rings (SSSR count). The van der Waals surface area contributed by atoms with E-state index in [1.165, 1.54) is 12.1 Å². The number of pyridine rings is 1. The topological polar surface area (TPSA) is 98.6 Å². The zero-order valence-corrected chi connectivity index (χ0v) is 20.1. The zero-order chi connectivity index (χ0) is 24.6. The summed E-state index contributed by atoms with van der Waals surface area (Å²) in [6, 6.07) is 14.5.